The molecule has 3 rings (SSSR count). The first-order chi connectivity index (χ1) is 13.1. The number of aliphatic hydroxyl groups excluding tert-OH is 1. The minimum atomic E-state index is -0.665. The Morgan fingerprint density at radius 3 is 2.79 bits per heavy atom. The molecule has 1 aliphatic carbocycles. The molecule has 2 atom stereocenters. The molecule has 2 fully saturated rings. The molecule has 9 heteroatoms. The van der Waals surface area contributed by atoms with E-state index in [0.29, 0.717) is 16.2 Å². The molecule has 0 radical (unpaired) electrons. The number of rotatable bonds is 6. The Hall–Kier alpha value is -0.580. The van der Waals surface area contributed by atoms with Crippen molar-refractivity contribution in [3.8, 4) is 0 Å². The standard InChI is InChI=1S/C19H29ClN4O2S.HI/c1-2-21-19(22-11-15(25)16-7-8-17(20)27-16)23-14-9-10-24(12-14)18(26)13-5-3-4-6-13;/h7-8,13-15,25H,2-6,9-12H2,1H3,(H2,21,22,23);1H. The average Bonchev–Trinajstić information content (AvgIpc) is 3.40. The summed E-state index contributed by atoms with van der Waals surface area (Å²) in [6.45, 7) is 4.55. The van der Waals surface area contributed by atoms with E-state index in [2.05, 4.69) is 15.6 Å². The number of hydrogen-bond acceptors (Lipinski definition) is 4. The molecule has 28 heavy (non-hydrogen) atoms. The van der Waals surface area contributed by atoms with Crippen molar-refractivity contribution in [1.82, 2.24) is 15.5 Å². The lowest BCUT2D eigenvalue weighted by Crippen LogP contribution is -2.45. The van der Waals surface area contributed by atoms with Crippen LogP contribution < -0.4 is 10.6 Å². The predicted octanol–water partition coefficient (Wildman–Crippen LogP) is 3.40. The number of thiophene rings is 1. The van der Waals surface area contributed by atoms with Crippen LogP contribution in [0.25, 0.3) is 0 Å². The largest absolute Gasteiger partial charge is 0.386 e. The molecule has 0 aromatic carbocycles. The first kappa shape index (κ1) is 23.7. The normalized spacial score (nSPS) is 21.5. The number of aliphatic hydroxyl groups is 1. The third kappa shape index (κ3) is 6.47. The lowest BCUT2D eigenvalue weighted by Gasteiger charge is -2.21. The first-order valence-corrected chi connectivity index (χ1v) is 11.0. The highest BCUT2D eigenvalue weighted by Gasteiger charge is 2.32. The van der Waals surface area contributed by atoms with Crippen molar-refractivity contribution in [3.05, 3.63) is 21.3 Å². The summed E-state index contributed by atoms with van der Waals surface area (Å²) in [5.74, 6) is 1.24. The van der Waals surface area contributed by atoms with Gasteiger partial charge >= 0.3 is 0 Å². The summed E-state index contributed by atoms with van der Waals surface area (Å²) in [4.78, 5) is 19.9. The lowest BCUT2D eigenvalue weighted by atomic mass is 10.1. The molecule has 1 aromatic heterocycles. The monoisotopic (exact) mass is 540 g/mol. The van der Waals surface area contributed by atoms with Crippen molar-refractivity contribution >= 4 is 58.8 Å². The summed E-state index contributed by atoms with van der Waals surface area (Å²) in [5.41, 5.74) is 0. The summed E-state index contributed by atoms with van der Waals surface area (Å²) < 4.78 is 0.663. The van der Waals surface area contributed by atoms with Crippen molar-refractivity contribution < 1.29 is 9.90 Å². The van der Waals surface area contributed by atoms with Crippen molar-refractivity contribution in [2.75, 3.05) is 26.2 Å². The Morgan fingerprint density at radius 2 is 2.14 bits per heavy atom. The van der Waals surface area contributed by atoms with Crippen LogP contribution in [0.1, 0.15) is 50.0 Å². The van der Waals surface area contributed by atoms with Crippen molar-refractivity contribution in [3.63, 3.8) is 0 Å². The van der Waals surface area contributed by atoms with Gasteiger partial charge in [0.05, 0.1) is 10.9 Å². The molecule has 2 aliphatic rings. The number of nitrogens with zero attached hydrogens (tertiary/aromatic N) is 2. The van der Waals surface area contributed by atoms with Crippen molar-refractivity contribution in [2.24, 2.45) is 10.9 Å². The summed E-state index contributed by atoms with van der Waals surface area (Å²) in [6, 6.07) is 3.81. The number of halogens is 2. The second-order valence-corrected chi connectivity index (χ2v) is 9.02. The number of carbonyl (C=O) groups excluding carboxylic acids is 1. The van der Waals surface area contributed by atoms with Crippen LogP contribution in [-0.2, 0) is 4.79 Å². The molecule has 1 saturated heterocycles. The van der Waals surface area contributed by atoms with Crippen LogP contribution in [0.4, 0.5) is 0 Å². The molecule has 1 amide bonds. The molecule has 1 aliphatic heterocycles. The van der Waals surface area contributed by atoms with Crippen LogP contribution >= 0.6 is 46.9 Å². The fraction of sp³-hybridized carbons (Fsp3) is 0.684. The van der Waals surface area contributed by atoms with Gasteiger partial charge in [-0.25, -0.2) is 0 Å². The highest BCUT2D eigenvalue weighted by molar-refractivity contribution is 14.0. The number of hydrogen-bond donors (Lipinski definition) is 3. The molecular formula is C19H30ClIN4O2S. The zero-order chi connectivity index (χ0) is 19.2. The molecule has 1 saturated carbocycles. The van der Waals surface area contributed by atoms with E-state index in [1.165, 1.54) is 24.2 Å². The van der Waals surface area contributed by atoms with Gasteiger partial charge in [-0.05, 0) is 38.3 Å². The van der Waals surface area contributed by atoms with E-state index < -0.39 is 6.10 Å². The Balaban J connectivity index is 0.00000280. The summed E-state index contributed by atoms with van der Waals surface area (Å²) in [5, 5.41) is 16.9. The highest BCUT2D eigenvalue weighted by atomic mass is 127. The number of carbonyl (C=O) groups is 1. The molecule has 2 unspecified atom stereocenters. The second kappa shape index (κ2) is 11.6. The van der Waals surface area contributed by atoms with Crippen molar-refractivity contribution in [1.29, 1.82) is 0 Å². The van der Waals surface area contributed by atoms with Gasteiger partial charge in [0.25, 0.3) is 0 Å². The van der Waals surface area contributed by atoms with Gasteiger partial charge in [-0.3, -0.25) is 9.79 Å². The molecule has 0 bridgehead atoms. The third-order valence-electron chi connectivity index (χ3n) is 5.23. The number of amides is 1. The maximum atomic E-state index is 12.6. The van der Waals surface area contributed by atoms with Crippen LogP contribution in [0, 0.1) is 5.92 Å². The van der Waals surface area contributed by atoms with Gasteiger partial charge in [-0.2, -0.15) is 0 Å². The molecule has 158 valence electrons. The van der Waals surface area contributed by atoms with E-state index in [1.54, 1.807) is 6.07 Å². The lowest BCUT2D eigenvalue weighted by molar-refractivity contribution is -0.134. The zero-order valence-corrected chi connectivity index (χ0v) is 20.1. The van der Waals surface area contributed by atoms with Gasteiger partial charge in [0.1, 0.15) is 6.10 Å². The van der Waals surface area contributed by atoms with Crippen molar-refractivity contribution in [2.45, 2.75) is 51.2 Å². The van der Waals surface area contributed by atoms with E-state index in [-0.39, 0.29) is 42.5 Å². The van der Waals surface area contributed by atoms with Gasteiger partial charge in [0.2, 0.25) is 5.91 Å². The Morgan fingerprint density at radius 1 is 1.39 bits per heavy atom. The first-order valence-electron chi connectivity index (χ1n) is 9.83. The van der Waals surface area contributed by atoms with Crippen LogP contribution in [0.2, 0.25) is 4.34 Å². The van der Waals surface area contributed by atoms with Gasteiger partial charge < -0.3 is 20.6 Å². The van der Waals surface area contributed by atoms with E-state index in [4.69, 9.17) is 11.6 Å². The second-order valence-electron chi connectivity index (χ2n) is 7.27. The van der Waals surface area contributed by atoms with Crippen LogP contribution in [0.15, 0.2) is 17.1 Å². The Labute approximate surface area is 193 Å². The molecular weight excluding hydrogens is 511 g/mol. The van der Waals surface area contributed by atoms with Crippen LogP contribution in [-0.4, -0.2) is 54.1 Å². The maximum absolute atomic E-state index is 12.6. The van der Waals surface area contributed by atoms with E-state index >= 15 is 0 Å². The van der Waals surface area contributed by atoms with E-state index in [9.17, 15) is 9.90 Å². The van der Waals surface area contributed by atoms with Gasteiger partial charge in [-0.1, -0.05) is 24.4 Å². The van der Waals surface area contributed by atoms with E-state index in [1.807, 2.05) is 17.9 Å². The van der Waals surface area contributed by atoms with Crippen LogP contribution in [0.5, 0.6) is 0 Å². The quantitative estimate of drug-likeness (QED) is 0.294. The van der Waals surface area contributed by atoms with E-state index in [0.717, 1.165) is 43.8 Å². The zero-order valence-electron chi connectivity index (χ0n) is 16.2. The Kier molecular flexibility index (Phi) is 9.79. The SMILES string of the molecule is CCNC(=NCC(O)c1ccc(Cl)s1)NC1CCN(C(=O)C2CCCC2)C1.I. The highest BCUT2D eigenvalue weighted by Crippen LogP contribution is 2.28. The minimum Gasteiger partial charge on any atom is -0.386 e. The molecule has 3 N–H and O–H groups in total. The summed E-state index contributed by atoms with van der Waals surface area (Å²) in [6.07, 6.45) is 4.71. The van der Waals surface area contributed by atoms with Gasteiger partial charge in [0.15, 0.2) is 5.96 Å². The molecule has 6 nitrogen and oxygen atoms in total. The minimum absolute atomic E-state index is 0. The molecule has 1 aromatic rings. The predicted molar refractivity (Wildman–Crippen MR) is 126 cm³/mol. The summed E-state index contributed by atoms with van der Waals surface area (Å²) in [7, 11) is 0. The Bertz CT molecular complexity index is 666. The topological polar surface area (TPSA) is 77.0 Å². The van der Waals surface area contributed by atoms with Crippen LogP contribution in [0.3, 0.4) is 0 Å². The summed E-state index contributed by atoms with van der Waals surface area (Å²) >= 11 is 7.30. The number of nitrogens with one attached hydrogen (secondary N) is 2. The average molecular weight is 541 g/mol. The number of likely N-dealkylation sites (tertiary alicyclic amines) is 1. The number of guanidine groups is 1. The fourth-order valence-electron chi connectivity index (χ4n) is 3.80. The maximum Gasteiger partial charge on any atom is 0.225 e. The third-order valence-corrected chi connectivity index (χ3v) is 6.57. The molecule has 2 heterocycles. The smallest absolute Gasteiger partial charge is 0.225 e. The fourth-order valence-corrected chi connectivity index (χ4v) is 4.84. The van der Waals surface area contributed by atoms with Gasteiger partial charge in [0, 0.05) is 36.5 Å². The van der Waals surface area contributed by atoms with Gasteiger partial charge in [-0.15, -0.1) is 35.3 Å². The molecule has 0 spiro atoms. The number of aliphatic imine (C=N–C) groups is 1.